The van der Waals surface area contributed by atoms with Crippen molar-refractivity contribution in [2.24, 2.45) is 0 Å². The lowest BCUT2D eigenvalue weighted by molar-refractivity contribution is 0.284. The smallest absolute Gasteiger partial charge is 0.113 e. The molecular formula is C8H6Br2N2O. The molecule has 0 fully saturated rings. The van der Waals surface area contributed by atoms with Crippen LogP contribution in [0.5, 0.6) is 0 Å². The van der Waals surface area contributed by atoms with E-state index < -0.39 is 5.92 Å². The van der Waals surface area contributed by atoms with E-state index in [1.165, 1.54) is 0 Å². The predicted molar refractivity (Wildman–Crippen MR) is 55.1 cm³/mol. The van der Waals surface area contributed by atoms with Crippen LogP contribution >= 0.6 is 31.9 Å². The monoisotopic (exact) mass is 304 g/mol. The molecule has 1 aromatic heterocycles. The molecule has 1 atom stereocenters. The number of halogens is 2. The second-order valence-electron chi connectivity index (χ2n) is 2.38. The van der Waals surface area contributed by atoms with Crippen molar-refractivity contribution < 1.29 is 5.11 Å². The maximum Gasteiger partial charge on any atom is 0.113 e. The number of rotatable bonds is 2. The summed E-state index contributed by atoms with van der Waals surface area (Å²) in [7, 11) is 0. The molecule has 1 N–H and O–H groups in total. The predicted octanol–water partition coefficient (Wildman–Crippen LogP) is 2.21. The molecule has 0 amide bonds. The van der Waals surface area contributed by atoms with Crippen molar-refractivity contribution in [2.75, 3.05) is 6.61 Å². The highest BCUT2D eigenvalue weighted by Crippen LogP contribution is 2.25. The number of pyridine rings is 1. The van der Waals surface area contributed by atoms with Gasteiger partial charge in [0, 0.05) is 15.1 Å². The van der Waals surface area contributed by atoms with Gasteiger partial charge in [0.05, 0.1) is 18.4 Å². The van der Waals surface area contributed by atoms with E-state index in [0.29, 0.717) is 5.69 Å². The number of aliphatic hydroxyl groups excluding tert-OH is 1. The van der Waals surface area contributed by atoms with E-state index in [9.17, 15) is 0 Å². The fourth-order valence-electron chi connectivity index (χ4n) is 0.870. The van der Waals surface area contributed by atoms with Crippen LogP contribution in [0.2, 0.25) is 0 Å². The van der Waals surface area contributed by atoms with E-state index in [2.05, 4.69) is 36.8 Å². The zero-order chi connectivity index (χ0) is 9.84. The van der Waals surface area contributed by atoms with Crippen LogP contribution in [-0.2, 0) is 0 Å². The van der Waals surface area contributed by atoms with E-state index >= 15 is 0 Å². The van der Waals surface area contributed by atoms with Gasteiger partial charge in [-0.15, -0.1) is 0 Å². The summed E-state index contributed by atoms with van der Waals surface area (Å²) in [6, 6.07) is 3.76. The highest BCUT2D eigenvalue weighted by Gasteiger charge is 2.14. The summed E-state index contributed by atoms with van der Waals surface area (Å²) in [5.74, 6) is -0.567. The van der Waals surface area contributed by atoms with Crippen LogP contribution in [0, 0.1) is 11.3 Å². The van der Waals surface area contributed by atoms with Gasteiger partial charge in [0.1, 0.15) is 5.92 Å². The van der Waals surface area contributed by atoms with E-state index in [4.69, 9.17) is 10.4 Å². The van der Waals surface area contributed by atoms with Crippen LogP contribution in [0.3, 0.4) is 0 Å². The SMILES string of the molecule is N#CC(CO)c1ncc(Br)cc1Br. The molecule has 0 saturated heterocycles. The average Bonchev–Trinajstić information content (AvgIpc) is 2.10. The van der Waals surface area contributed by atoms with Crippen LogP contribution in [0.15, 0.2) is 21.2 Å². The van der Waals surface area contributed by atoms with Gasteiger partial charge < -0.3 is 5.11 Å². The highest BCUT2D eigenvalue weighted by molar-refractivity contribution is 9.11. The standard InChI is InChI=1S/C8H6Br2N2O/c9-6-1-7(10)8(12-3-6)5(2-11)4-13/h1,3,5,13H,4H2. The third kappa shape index (κ3) is 2.50. The molecule has 68 valence electrons. The molecule has 1 rings (SSSR count). The number of aromatic nitrogens is 1. The molecule has 0 aliphatic rings. The van der Waals surface area contributed by atoms with Crippen LogP contribution in [0.4, 0.5) is 0 Å². The highest BCUT2D eigenvalue weighted by atomic mass is 79.9. The van der Waals surface area contributed by atoms with E-state index in [-0.39, 0.29) is 6.61 Å². The molecule has 13 heavy (non-hydrogen) atoms. The van der Waals surface area contributed by atoms with Crippen LogP contribution in [-0.4, -0.2) is 16.7 Å². The molecule has 0 bridgehead atoms. The Balaban J connectivity index is 3.09. The average molecular weight is 306 g/mol. The second kappa shape index (κ2) is 4.70. The lowest BCUT2D eigenvalue weighted by Gasteiger charge is -2.06. The second-order valence-corrected chi connectivity index (χ2v) is 4.15. The first kappa shape index (κ1) is 10.6. The Hall–Kier alpha value is -0.440. The molecule has 1 aromatic rings. The quantitative estimate of drug-likeness (QED) is 0.911. The molecule has 0 aliphatic heterocycles. The zero-order valence-corrected chi connectivity index (χ0v) is 9.71. The molecule has 0 aliphatic carbocycles. The summed E-state index contributed by atoms with van der Waals surface area (Å²) >= 11 is 6.53. The summed E-state index contributed by atoms with van der Waals surface area (Å²) in [6.07, 6.45) is 1.60. The molecule has 5 heteroatoms. The van der Waals surface area contributed by atoms with E-state index in [1.54, 1.807) is 12.3 Å². The third-order valence-electron chi connectivity index (χ3n) is 1.50. The molecule has 0 radical (unpaired) electrons. The van der Waals surface area contributed by atoms with Crippen LogP contribution in [0.1, 0.15) is 11.6 Å². The Morgan fingerprint density at radius 3 is 2.77 bits per heavy atom. The zero-order valence-electron chi connectivity index (χ0n) is 6.54. The maximum absolute atomic E-state index is 8.88. The summed E-state index contributed by atoms with van der Waals surface area (Å²) in [4.78, 5) is 4.04. The first-order valence-electron chi connectivity index (χ1n) is 3.50. The van der Waals surface area contributed by atoms with Gasteiger partial charge in [-0.25, -0.2) is 0 Å². The topological polar surface area (TPSA) is 56.9 Å². The number of nitrogens with zero attached hydrogens (tertiary/aromatic N) is 2. The normalized spacial score (nSPS) is 12.2. The molecule has 0 saturated carbocycles. The minimum Gasteiger partial charge on any atom is -0.395 e. The molecule has 3 nitrogen and oxygen atoms in total. The van der Waals surface area contributed by atoms with Crippen molar-refractivity contribution in [2.45, 2.75) is 5.92 Å². The van der Waals surface area contributed by atoms with Crippen molar-refractivity contribution in [3.05, 3.63) is 26.9 Å². The van der Waals surface area contributed by atoms with Gasteiger partial charge in [0.15, 0.2) is 0 Å². The fourth-order valence-corrected chi connectivity index (χ4v) is 2.13. The number of aliphatic hydroxyl groups is 1. The summed E-state index contributed by atoms with van der Waals surface area (Å²) < 4.78 is 1.56. The number of nitriles is 1. The van der Waals surface area contributed by atoms with Crippen molar-refractivity contribution in [3.63, 3.8) is 0 Å². The lowest BCUT2D eigenvalue weighted by Crippen LogP contribution is -2.04. The Kier molecular flexibility index (Phi) is 3.85. The maximum atomic E-state index is 8.88. The largest absolute Gasteiger partial charge is 0.395 e. The summed E-state index contributed by atoms with van der Waals surface area (Å²) in [5.41, 5.74) is 0.563. The van der Waals surface area contributed by atoms with Crippen molar-refractivity contribution in [3.8, 4) is 6.07 Å². The van der Waals surface area contributed by atoms with Gasteiger partial charge in [-0.2, -0.15) is 5.26 Å². The van der Waals surface area contributed by atoms with Crippen molar-refractivity contribution >= 4 is 31.9 Å². The molecule has 0 aromatic carbocycles. The Bertz CT molecular complexity index is 348. The van der Waals surface area contributed by atoms with Crippen LogP contribution < -0.4 is 0 Å². The van der Waals surface area contributed by atoms with Gasteiger partial charge in [-0.3, -0.25) is 4.98 Å². The van der Waals surface area contributed by atoms with Gasteiger partial charge in [-0.05, 0) is 37.9 Å². The molecule has 1 heterocycles. The lowest BCUT2D eigenvalue weighted by atomic mass is 10.1. The first-order chi connectivity index (χ1) is 6.19. The van der Waals surface area contributed by atoms with Crippen molar-refractivity contribution in [1.29, 1.82) is 5.26 Å². The van der Waals surface area contributed by atoms with E-state index in [1.807, 2.05) is 6.07 Å². The van der Waals surface area contributed by atoms with E-state index in [0.717, 1.165) is 8.95 Å². The summed E-state index contributed by atoms with van der Waals surface area (Å²) in [6.45, 7) is -0.219. The Labute approximate surface area is 92.7 Å². The minimum atomic E-state index is -0.567. The number of hydrogen-bond acceptors (Lipinski definition) is 3. The Morgan fingerprint density at radius 2 is 2.31 bits per heavy atom. The Morgan fingerprint density at radius 1 is 1.62 bits per heavy atom. The van der Waals surface area contributed by atoms with Gasteiger partial charge in [0.25, 0.3) is 0 Å². The minimum absolute atomic E-state index is 0.219. The fraction of sp³-hybridized carbons (Fsp3) is 0.250. The molecule has 0 spiro atoms. The first-order valence-corrected chi connectivity index (χ1v) is 5.09. The molecule has 1 unspecified atom stereocenters. The van der Waals surface area contributed by atoms with Crippen molar-refractivity contribution in [1.82, 2.24) is 4.98 Å². The molecular weight excluding hydrogens is 300 g/mol. The number of hydrogen-bond donors (Lipinski definition) is 1. The summed E-state index contributed by atoms with van der Waals surface area (Å²) in [5, 5.41) is 17.6. The van der Waals surface area contributed by atoms with Gasteiger partial charge in [-0.1, -0.05) is 0 Å². The van der Waals surface area contributed by atoms with Gasteiger partial charge >= 0.3 is 0 Å². The van der Waals surface area contributed by atoms with Gasteiger partial charge in [0.2, 0.25) is 0 Å². The third-order valence-corrected chi connectivity index (χ3v) is 2.57. The van der Waals surface area contributed by atoms with Crippen LogP contribution in [0.25, 0.3) is 0 Å².